The Kier molecular flexibility index (Phi) is 4.29. The predicted octanol–water partition coefficient (Wildman–Crippen LogP) is 8.97. The molecule has 2 aromatic heterocycles. The van der Waals surface area contributed by atoms with E-state index in [2.05, 4.69) is 85.1 Å². The molecule has 0 bridgehead atoms. The Morgan fingerprint density at radius 3 is 2.33 bits per heavy atom. The summed E-state index contributed by atoms with van der Waals surface area (Å²) in [6.45, 7) is 8.64. The van der Waals surface area contributed by atoms with E-state index in [1.807, 2.05) is 38.1 Å². The topological polar surface area (TPSA) is 35.1 Å². The van der Waals surface area contributed by atoms with Crippen molar-refractivity contribution < 1.29 is 4.42 Å². The fourth-order valence-electron chi connectivity index (χ4n) is 6.88. The van der Waals surface area contributed by atoms with Crippen LogP contribution in [0.25, 0.3) is 60.6 Å². The number of hydrogen-bond acceptors (Lipinski definition) is 2. The van der Waals surface area contributed by atoms with Crippen molar-refractivity contribution >= 4 is 43.7 Å². The molecule has 0 amide bonds. The third-order valence-electron chi connectivity index (χ3n) is 8.72. The van der Waals surface area contributed by atoms with E-state index in [-0.39, 0.29) is 10.8 Å². The summed E-state index contributed by atoms with van der Waals surface area (Å²) in [5, 5.41) is 3.68. The van der Waals surface area contributed by atoms with Crippen molar-refractivity contribution in [2.75, 3.05) is 0 Å². The Labute approximate surface area is 225 Å². The second-order valence-corrected chi connectivity index (χ2v) is 11.5. The van der Waals surface area contributed by atoms with E-state index in [4.69, 9.17) is 4.42 Å². The minimum Gasteiger partial charge on any atom is -0.455 e. The standard InChI is InChI=1S/C36H27NO2/c1-20-15-21(2)35-28(16-20)34(38)25-14-13-22(17-33(25)39-35)37-31-12-8-6-10-24(31)27-18-26-23-9-5-7-11-29(23)36(3,4)30(26)19-32(27)37/h5-19H,1-4H3. The first-order valence-electron chi connectivity index (χ1n) is 13.5. The van der Waals surface area contributed by atoms with Crippen LogP contribution in [0.5, 0.6) is 0 Å². The number of nitrogens with zero attached hydrogens (tertiary/aromatic N) is 1. The van der Waals surface area contributed by atoms with Crippen molar-refractivity contribution in [3.8, 4) is 16.8 Å². The molecule has 0 unspecified atom stereocenters. The minimum absolute atomic E-state index is 0.0177. The first kappa shape index (κ1) is 22.4. The van der Waals surface area contributed by atoms with Crippen LogP contribution in [0, 0.1) is 13.8 Å². The number of fused-ring (bicyclic) bond motifs is 8. The first-order valence-corrected chi connectivity index (χ1v) is 13.5. The molecule has 0 spiro atoms. The molecule has 0 aliphatic heterocycles. The number of aromatic nitrogens is 1. The van der Waals surface area contributed by atoms with E-state index < -0.39 is 0 Å². The highest BCUT2D eigenvalue weighted by Crippen LogP contribution is 2.50. The van der Waals surface area contributed by atoms with Crippen LogP contribution in [0.1, 0.15) is 36.1 Å². The molecule has 39 heavy (non-hydrogen) atoms. The molecule has 0 N–H and O–H groups in total. The molecule has 2 heterocycles. The van der Waals surface area contributed by atoms with Crippen LogP contribution < -0.4 is 5.43 Å². The summed E-state index contributed by atoms with van der Waals surface area (Å²) in [6.07, 6.45) is 0. The maximum atomic E-state index is 13.5. The Balaban J connectivity index is 1.46. The van der Waals surface area contributed by atoms with Gasteiger partial charge in [-0.25, -0.2) is 0 Å². The quantitative estimate of drug-likeness (QED) is 0.209. The third-order valence-corrected chi connectivity index (χ3v) is 8.72. The molecule has 0 fully saturated rings. The Hall–Kier alpha value is -4.63. The van der Waals surface area contributed by atoms with Crippen LogP contribution in [-0.2, 0) is 5.41 Å². The van der Waals surface area contributed by atoms with Crippen LogP contribution in [0.4, 0.5) is 0 Å². The summed E-state index contributed by atoms with van der Waals surface area (Å²) < 4.78 is 8.73. The van der Waals surface area contributed by atoms with Gasteiger partial charge in [0, 0.05) is 27.9 Å². The van der Waals surface area contributed by atoms with E-state index >= 15 is 0 Å². The van der Waals surface area contributed by atoms with Gasteiger partial charge in [0.05, 0.1) is 21.8 Å². The molecule has 3 heteroatoms. The molecule has 0 atom stereocenters. The molecule has 1 aliphatic carbocycles. The average Bonchev–Trinajstić information content (AvgIpc) is 3.37. The molecular weight excluding hydrogens is 478 g/mol. The lowest BCUT2D eigenvalue weighted by Gasteiger charge is -2.21. The number of aryl methyl sites for hydroxylation is 2. The second-order valence-electron chi connectivity index (χ2n) is 11.5. The monoisotopic (exact) mass is 505 g/mol. The van der Waals surface area contributed by atoms with Gasteiger partial charge in [0.15, 0.2) is 0 Å². The SMILES string of the molecule is Cc1cc(C)c2oc3cc(-n4c5ccccc5c5cc6c(cc54)C(C)(C)c4ccccc4-6)ccc3c(=O)c2c1. The molecule has 0 saturated heterocycles. The normalized spacial score (nSPS) is 13.9. The lowest BCUT2D eigenvalue weighted by Crippen LogP contribution is -2.15. The summed E-state index contributed by atoms with van der Waals surface area (Å²) in [4.78, 5) is 13.5. The van der Waals surface area contributed by atoms with Gasteiger partial charge in [0.25, 0.3) is 0 Å². The molecule has 8 rings (SSSR count). The summed E-state index contributed by atoms with van der Waals surface area (Å²) >= 11 is 0. The van der Waals surface area contributed by atoms with E-state index in [0.717, 1.165) is 27.8 Å². The zero-order valence-electron chi connectivity index (χ0n) is 22.4. The average molecular weight is 506 g/mol. The first-order chi connectivity index (χ1) is 18.8. The summed E-state index contributed by atoms with van der Waals surface area (Å²) in [7, 11) is 0. The van der Waals surface area contributed by atoms with E-state index in [1.54, 1.807) is 0 Å². The molecule has 7 aromatic rings. The van der Waals surface area contributed by atoms with Crippen LogP contribution in [0.3, 0.4) is 0 Å². The Bertz CT molecular complexity index is 2240. The fraction of sp³-hybridized carbons (Fsp3) is 0.139. The van der Waals surface area contributed by atoms with Crippen molar-refractivity contribution in [1.29, 1.82) is 0 Å². The molecule has 1 aliphatic rings. The largest absolute Gasteiger partial charge is 0.455 e. The van der Waals surface area contributed by atoms with Gasteiger partial charge in [-0.05, 0) is 83.6 Å². The summed E-state index contributed by atoms with van der Waals surface area (Å²) in [5.41, 5.74) is 11.8. The minimum atomic E-state index is -0.0911. The van der Waals surface area contributed by atoms with Crippen molar-refractivity contribution in [2.45, 2.75) is 33.1 Å². The van der Waals surface area contributed by atoms with Crippen molar-refractivity contribution in [3.63, 3.8) is 0 Å². The van der Waals surface area contributed by atoms with Crippen molar-refractivity contribution in [2.24, 2.45) is 0 Å². The molecule has 0 saturated carbocycles. The van der Waals surface area contributed by atoms with Gasteiger partial charge in [-0.15, -0.1) is 0 Å². The van der Waals surface area contributed by atoms with E-state index in [0.29, 0.717) is 21.9 Å². The Morgan fingerprint density at radius 2 is 1.46 bits per heavy atom. The molecule has 188 valence electrons. The Morgan fingerprint density at radius 1 is 0.667 bits per heavy atom. The highest BCUT2D eigenvalue weighted by atomic mass is 16.3. The summed E-state index contributed by atoms with van der Waals surface area (Å²) in [5.74, 6) is 0. The molecule has 5 aromatic carbocycles. The zero-order valence-corrected chi connectivity index (χ0v) is 22.4. The van der Waals surface area contributed by atoms with Crippen LogP contribution >= 0.6 is 0 Å². The lowest BCUT2D eigenvalue weighted by atomic mass is 9.82. The van der Waals surface area contributed by atoms with Crippen molar-refractivity contribution in [3.05, 3.63) is 123 Å². The molecular formula is C36H27NO2. The smallest absolute Gasteiger partial charge is 0.200 e. The van der Waals surface area contributed by atoms with E-state index in [1.165, 1.54) is 33.0 Å². The second kappa shape index (κ2) is 7.48. The van der Waals surface area contributed by atoms with Crippen LogP contribution in [-0.4, -0.2) is 4.57 Å². The van der Waals surface area contributed by atoms with Crippen LogP contribution in [0.15, 0.2) is 100 Å². The lowest BCUT2D eigenvalue weighted by molar-refractivity contribution is 0.656. The third kappa shape index (κ3) is 2.90. The van der Waals surface area contributed by atoms with Gasteiger partial charge >= 0.3 is 0 Å². The van der Waals surface area contributed by atoms with Gasteiger partial charge in [0.2, 0.25) is 5.43 Å². The molecule has 3 nitrogen and oxygen atoms in total. The van der Waals surface area contributed by atoms with Gasteiger partial charge < -0.3 is 8.98 Å². The summed E-state index contributed by atoms with van der Waals surface area (Å²) in [6, 6.07) is 32.1. The van der Waals surface area contributed by atoms with Gasteiger partial charge in [0.1, 0.15) is 11.2 Å². The highest BCUT2D eigenvalue weighted by Gasteiger charge is 2.36. The number of hydrogen-bond donors (Lipinski definition) is 0. The highest BCUT2D eigenvalue weighted by molar-refractivity contribution is 6.11. The number of para-hydroxylation sites is 1. The van der Waals surface area contributed by atoms with Gasteiger partial charge in [-0.1, -0.05) is 62.4 Å². The maximum absolute atomic E-state index is 13.5. The molecule has 0 radical (unpaired) electrons. The zero-order chi connectivity index (χ0) is 26.6. The van der Waals surface area contributed by atoms with Gasteiger partial charge in [-0.2, -0.15) is 0 Å². The van der Waals surface area contributed by atoms with E-state index in [9.17, 15) is 4.79 Å². The fourth-order valence-corrected chi connectivity index (χ4v) is 6.88. The van der Waals surface area contributed by atoms with Crippen molar-refractivity contribution in [1.82, 2.24) is 4.57 Å². The van der Waals surface area contributed by atoms with Crippen LogP contribution in [0.2, 0.25) is 0 Å². The number of benzene rings is 5. The number of rotatable bonds is 1. The van der Waals surface area contributed by atoms with Gasteiger partial charge in [-0.3, -0.25) is 4.79 Å². The predicted molar refractivity (Wildman–Crippen MR) is 161 cm³/mol. The maximum Gasteiger partial charge on any atom is 0.200 e.